The van der Waals surface area contributed by atoms with Gasteiger partial charge in [-0.05, 0) is 52.7 Å². The molecular formula is C27H22F5NO5P+. The van der Waals surface area contributed by atoms with Crippen molar-refractivity contribution in [2.75, 3.05) is 7.11 Å². The summed E-state index contributed by atoms with van der Waals surface area (Å²) in [5.41, 5.74) is -5.21. The minimum atomic E-state index is -3.31. The third kappa shape index (κ3) is 4.80. The second kappa shape index (κ2) is 10.8. The molecule has 1 heterocycles. The molecule has 2 aromatic carbocycles. The lowest BCUT2D eigenvalue weighted by atomic mass is 9.76. The van der Waals surface area contributed by atoms with Gasteiger partial charge >= 0.3 is 19.2 Å². The van der Waals surface area contributed by atoms with Gasteiger partial charge in [0.15, 0.2) is 28.9 Å². The summed E-state index contributed by atoms with van der Waals surface area (Å²) in [6.45, 7) is 3.99. The predicted octanol–water partition coefficient (Wildman–Crippen LogP) is 6.29. The van der Waals surface area contributed by atoms with E-state index in [1.54, 1.807) is 0 Å². The van der Waals surface area contributed by atoms with Gasteiger partial charge in [-0.3, -0.25) is 4.98 Å². The first-order valence-corrected chi connectivity index (χ1v) is 12.4. The highest BCUT2D eigenvalue weighted by Crippen LogP contribution is 2.54. The molecule has 0 fully saturated rings. The van der Waals surface area contributed by atoms with E-state index in [4.69, 9.17) is 10.9 Å². The Morgan fingerprint density at radius 2 is 1.62 bits per heavy atom. The number of aliphatic carboxylic acids is 1. The number of rotatable bonds is 8. The molecule has 6 nitrogen and oxygen atoms in total. The summed E-state index contributed by atoms with van der Waals surface area (Å²) < 4.78 is 89.3. The van der Waals surface area contributed by atoms with Crippen LogP contribution in [0.15, 0.2) is 36.4 Å². The number of aromatic nitrogens is 1. The smallest absolute Gasteiger partial charge is 0.477 e. The van der Waals surface area contributed by atoms with Crippen LogP contribution in [-0.4, -0.2) is 33.4 Å². The number of aliphatic hydroxyl groups is 1. The zero-order chi connectivity index (χ0) is 29.4. The van der Waals surface area contributed by atoms with Crippen LogP contribution in [0.5, 0.6) is 0 Å². The molecule has 39 heavy (non-hydrogen) atoms. The number of carboxylic acid groups (broad SMARTS) is 1. The van der Waals surface area contributed by atoms with Crippen LogP contribution >= 0.6 is 8.03 Å². The highest BCUT2D eigenvalue weighted by molar-refractivity contribution is 7.43. The lowest BCUT2D eigenvalue weighted by Crippen LogP contribution is -2.53. The van der Waals surface area contributed by atoms with Crippen LogP contribution in [0.1, 0.15) is 37.9 Å². The quantitative estimate of drug-likeness (QED) is 0.144. The van der Waals surface area contributed by atoms with Gasteiger partial charge in [-0.25, -0.2) is 26.7 Å². The number of terminal acetylenes is 1. The zero-order valence-corrected chi connectivity index (χ0v) is 21.9. The number of carbonyl (C=O) groups is 1. The summed E-state index contributed by atoms with van der Waals surface area (Å²) in [5.74, 6) is -8.38. The SMILES string of the molecule is C#CC(C(=O)O)([P+](=O)OC)C(C)(O)c1c(-c2ccc(F)cc2)cc(-c2c(F)c(F)cc(F)c2F)nc1C(C)C. The van der Waals surface area contributed by atoms with Crippen LogP contribution < -0.4 is 0 Å². The van der Waals surface area contributed by atoms with Gasteiger partial charge in [0.2, 0.25) is 0 Å². The van der Waals surface area contributed by atoms with E-state index in [2.05, 4.69) is 4.98 Å². The van der Waals surface area contributed by atoms with Crippen molar-refractivity contribution in [3.8, 4) is 34.7 Å². The molecular weight excluding hydrogens is 544 g/mol. The van der Waals surface area contributed by atoms with E-state index in [1.807, 2.05) is 5.92 Å². The molecule has 2 N–H and O–H groups in total. The van der Waals surface area contributed by atoms with E-state index >= 15 is 0 Å². The van der Waals surface area contributed by atoms with Gasteiger partial charge in [-0.2, -0.15) is 0 Å². The topological polar surface area (TPSA) is 96.7 Å². The first-order valence-electron chi connectivity index (χ1n) is 11.2. The maximum atomic E-state index is 14.8. The molecule has 3 atom stereocenters. The third-order valence-electron chi connectivity index (χ3n) is 6.27. The second-order valence-corrected chi connectivity index (χ2v) is 10.5. The van der Waals surface area contributed by atoms with Crippen molar-refractivity contribution in [1.29, 1.82) is 0 Å². The van der Waals surface area contributed by atoms with Crippen molar-refractivity contribution < 1.29 is 46.0 Å². The standard InChI is InChI=1S/C27H21F5NO5P/c1-6-27(25(34)35,39(37)38-5)26(4,36)21-16(14-7-9-15(28)10-8-14)11-19(33-24(21)13(2)3)20-22(31)17(29)12-18(30)23(20)32/h1,7-13,36H,2-5H3/p+1. The monoisotopic (exact) mass is 566 g/mol. The molecule has 3 rings (SSSR count). The number of carboxylic acids is 1. The Labute approximate surface area is 221 Å². The molecule has 204 valence electrons. The van der Waals surface area contributed by atoms with E-state index in [1.165, 1.54) is 26.0 Å². The Bertz CT molecular complexity index is 1490. The number of hydrogen-bond donors (Lipinski definition) is 2. The molecule has 0 bridgehead atoms. The Morgan fingerprint density at radius 3 is 2.05 bits per heavy atom. The number of benzene rings is 2. The molecule has 3 unspecified atom stereocenters. The molecule has 0 radical (unpaired) electrons. The van der Waals surface area contributed by atoms with Crippen molar-refractivity contribution in [1.82, 2.24) is 4.98 Å². The van der Waals surface area contributed by atoms with E-state index in [-0.39, 0.29) is 28.5 Å². The van der Waals surface area contributed by atoms with Crippen LogP contribution in [0.4, 0.5) is 22.0 Å². The molecule has 0 amide bonds. The normalized spacial score (nSPS) is 14.9. The molecule has 0 aliphatic heterocycles. The van der Waals surface area contributed by atoms with Crippen LogP contribution in [0.2, 0.25) is 0 Å². The summed E-state index contributed by atoms with van der Waals surface area (Å²) in [7, 11) is -2.39. The fourth-order valence-electron chi connectivity index (χ4n) is 4.31. The lowest BCUT2D eigenvalue weighted by molar-refractivity contribution is -0.145. The number of hydrogen-bond acceptors (Lipinski definition) is 5. The minimum Gasteiger partial charge on any atom is -0.477 e. The van der Waals surface area contributed by atoms with Gasteiger partial charge in [0, 0.05) is 11.6 Å². The Kier molecular flexibility index (Phi) is 8.27. The highest BCUT2D eigenvalue weighted by Gasteiger charge is 2.71. The van der Waals surface area contributed by atoms with Gasteiger partial charge < -0.3 is 10.2 Å². The fraction of sp³-hybridized carbons (Fsp3) is 0.259. The second-order valence-electron chi connectivity index (χ2n) is 8.99. The molecule has 0 spiro atoms. The van der Waals surface area contributed by atoms with E-state index in [0.29, 0.717) is 0 Å². The summed E-state index contributed by atoms with van der Waals surface area (Å²) in [4.78, 5) is 16.6. The molecule has 0 saturated carbocycles. The molecule has 0 saturated heterocycles. The van der Waals surface area contributed by atoms with E-state index in [0.717, 1.165) is 32.2 Å². The Balaban J connectivity index is 2.61. The summed E-state index contributed by atoms with van der Waals surface area (Å²) >= 11 is 0. The molecule has 1 aromatic heterocycles. The maximum absolute atomic E-state index is 14.8. The molecule has 0 aliphatic rings. The molecule has 3 aromatic rings. The minimum absolute atomic E-state index is 0.0208. The number of halogens is 5. The van der Waals surface area contributed by atoms with Crippen LogP contribution in [-0.2, 0) is 19.5 Å². The summed E-state index contributed by atoms with van der Waals surface area (Å²) in [5, 5.41) is 19.1. The van der Waals surface area contributed by atoms with Crippen LogP contribution in [0, 0.1) is 41.4 Å². The van der Waals surface area contributed by atoms with Crippen molar-refractivity contribution in [2.24, 2.45) is 0 Å². The third-order valence-corrected chi connectivity index (χ3v) is 7.90. The van der Waals surface area contributed by atoms with Gasteiger partial charge in [0.25, 0.3) is 0 Å². The van der Waals surface area contributed by atoms with Crippen molar-refractivity contribution in [3.63, 3.8) is 0 Å². The van der Waals surface area contributed by atoms with E-state index in [9.17, 15) is 41.5 Å². The largest absolute Gasteiger partial charge is 0.543 e. The zero-order valence-electron chi connectivity index (χ0n) is 21.0. The average molecular weight is 566 g/mol. The fourth-order valence-corrected chi connectivity index (χ4v) is 5.32. The lowest BCUT2D eigenvalue weighted by Gasteiger charge is -2.34. The molecule has 0 aliphatic carbocycles. The average Bonchev–Trinajstić information content (AvgIpc) is 2.87. The van der Waals surface area contributed by atoms with Crippen molar-refractivity contribution in [2.45, 2.75) is 37.4 Å². The molecule has 12 heteroatoms. The van der Waals surface area contributed by atoms with E-state index < -0.39 is 71.0 Å². The van der Waals surface area contributed by atoms with Crippen molar-refractivity contribution in [3.05, 3.63) is 76.7 Å². The Hall–Kier alpha value is -3.71. The maximum Gasteiger partial charge on any atom is 0.543 e. The summed E-state index contributed by atoms with van der Waals surface area (Å²) in [6, 6.07) is 5.37. The predicted molar refractivity (Wildman–Crippen MR) is 132 cm³/mol. The summed E-state index contributed by atoms with van der Waals surface area (Å²) in [6.07, 6.45) is 5.53. The van der Waals surface area contributed by atoms with Gasteiger partial charge in [-0.15, -0.1) is 10.9 Å². The number of nitrogens with zero attached hydrogens (tertiary/aromatic N) is 1. The van der Waals surface area contributed by atoms with Crippen LogP contribution in [0.25, 0.3) is 22.4 Å². The number of pyridine rings is 1. The van der Waals surface area contributed by atoms with Gasteiger partial charge in [0.05, 0.1) is 24.1 Å². The van der Waals surface area contributed by atoms with Crippen LogP contribution in [0.3, 0.4) is 0 Å². The Morgan fingerprint density at radius 1 is 1.08 bits per heavy atom. The van der Waals surface area contributed by atoms with Gasteiger partial charge in [-0.1, -0.05) is 26.0 Å². The first kappa shape index (κ1) is 29.8. The van der Waals surface area contributed by atoms with Crippen molar-refractivity contribution >= 4 is 14.0 Å². The first-order chi connectivity index (χ1) is 18.1. The highest BCUT2D eigenvalue weighted by atomic mass is 31.1. The van der Waals surface area contributed by atoms with Gasteiger partial charge in [0.1, 0.15) is 5.82 Å².